The van der Waals surface area contributed by atoms with Gasteiger partial charge in [-0.1, -0.05) is 30.3 Å². The molecule has 3 heterocycles. The SMILES string of the molecule is CC(Cc1ccc(OCC(=O)NCCNC2CCC(OC(=O)C(O)(c3cccs3)c3cccs3)CC2)cc1)NC[C@@H](O)c1ccc(O)c2[nH]c(=O)ccc12.F.F. The first-order valence-corrected chi connectivity index (χ1v) is 19.9. The number of pyridine rings is 1. The molecule has 3 aromatic heterocycles. The van der Waals surface area contributed by atoms with Crippen LogP contribution in [0.5, 0.6) is 11.5 Å². The minimum Gasteiger partial charge on any atom is -0.506 e. The molecule has 5 aromatic rings. The third-order valence-electron chi connectivity index (χ3n) is 9.64. The van der Waals surface area contributed by atoms with Gasteiger partial charge in [0.05, 0.1) is 21.4 Å². The summed E-state index contributed by atoms with van der Waals surface area (Å²) < 4.78 is 11.5. The van der Waals surface area contributed by atoms with E-state index < -0.39 is 17.7 Å². The molecule has 2 atom stereocenters. The molecule has 1 saturated carbocycles. The number of aromatic amines is 1. The smallest absolute Gasteiger partial charge is 0.349 e. The molecular weight excluding hydrogens is 767 g/mol. The van der Waals surface area contributed by atoms with E-state index in [9.17, 15) is 29.7 Å². The van der Waals surface area contributed by atoms with E-state index in [4.69, 9.17) is 9.47 Å². The monoisotopic (exact) mass is 814 g/mol. The first-order valence-electron chi connectivity index (χ1n) is 18.1. The molecule has 0 saturated heterocycles. The third kappa shape index (κ3) is 11.0. The summed E-state index contributed by atoms with van der Waals surface area (Å²) in [5.74, 6) is -0.318. The van der Waals surface area contributed by atoms with E-state index >= 15 is 0 Å². The highest BCUT2D eigenvalue weighted by Crippen LogP contribution is 2.38. The van der Waals surface area contributed by atoms with Gasteiger partial charge in [0.25, 0.3) is 5.91 Å². The molecule has 2 aromatic carbocycles. The summed E-state index contributed by atoms with van der Waals surface area (Å²) >= 11 is 2.66. The molecule has 0 aliphatic heterocycles. The second kappa shape index (κ2) is 20.5. The predicted molar refractivity (Wildman–Crippen MR) is 214 cm³/mol. The van der Waals surface area contributed by atoms with E-state index in [0.29, 0.717) is 64.3 Å². The molecule has 1 amide bonds. The summed E-state index contributed by atoms with van der Waals surface area (Å²) in [6, 6.07) is 21.0. The Morgan fingerprint density at radius 3 is 2.25 bits per heavy atom. The molecule has 1 fully saturated rings. The number of phenolic OH excluding ortho intramolecular Hbond substituents is 1. The highest BCUT2D eigenvalue weighted by molar-refractivity contribution is 7.12. The van der Waals surface area contributed by atoms with E-state index in [0.717, 1.165) is 18.4 Å². The van der Waals surface area contributed by atoms with Gasteiger partial charge in [-0.25, -0.2) is 4.79 Å². The lowest BCUT2D eigenvalue weighted by Gasteiger charge is -2.32. The lowest BCUT2D eigenvalue weighted by Crippen LogP contribution is -2.43. The number of halogens is 2. The van der Waals surface area contributed by atoms with E-state index in [1.807, 2.05) is 54.1 Å². The minimum absolute atomic E-state index is 0. The summed E-state index contributed by atoms with van der Waals surface area (Å²) in [6.07, 6.45) is 2.61. The van der Waals surface area contributed by atoms with Gasteiger partial charge >= 0.3 is 5.97 Å². The van der Waals surface area contributed by atoms with Crippen LogP contribution in [0, 0.1) is 0 Å². The highest BCUT2D eigenvalue weighted by atomic mass is 32.1. The zero-order chi connectivity index (χ0) is 38.1. The van der Waals surface area contributed by atoms with Crippen LogP contribution in [0.25, 0.3) is 10.9 Å². The van der Waals surface area contributed by atoms with Crippen LogP contribution in [0.15, 0.2) is 88.4 Å². The maximum atomic E-state index is 13.3. The normalized spacial score (nSPS) is 16.6. The first kappa shape index (κ1) is 44.0. The van der Waals surface area contributed by atoms with Crippen molar-refractivity contribution in [2.75, 3.05) is 26.2 Å². The van der Waals surface area contributed by atoms with E-state index in [-0.39, 0.29) is 58.0 Å². The Hall–Kier alpha value is -4.71. The Kier molecular flexibility index (Phi) is 16.1. The van der Waals surface area contributed by atoms with Crippen molar-refractivity contribution in [1.82, 2.24) is 20.9 Å². The maximum absolute atomic E-state index is 13.3. The van der Waals surface area contributed by atoms with Crippen molar-refractivity contribution in [2.45, 2.75) is 68.9 Å². The quantitative estimate of drug-likeness (QED) is 0.0510. The average molecular weight is 815 g/mol. The number of esters is 1. The number of benzene rings is 2. The van der Waals surface area contributed by atoms with Gasteiger partial charge < -0.3 is 45.7 Å². The summed E-state index contributed by atoms with van der Waals surface area (Å²) in [5, 5.41) is 46.4. The highest BCUT2D eigenvalue weighted by Gasteiger charge is 2.45. The third-order valence-corrected chi connectivity index (χ3v) is 11.6. The predicted octanol–water partition coefficient (Wildman–Crippen LogP) is 4.79. The van der Waals surface area contributed by atoms with Crippen LogP contribution < -0.4 is 26.2 Å². The van der Waals surface area contributed by atoms with Crippen LogP contribution in [-0.4, -0.2) is 76.6 Å². The molecule has 56 heavy (non-hydrogen) atoms. The number of hydrogen-bond acceptors (Lipinski definition) is 12. The van der Waals surface area contributed by atoms with Crippen molar-refractivity contribution in [1.29, 1.82) is 0 Å². The summed E-state index contributed by atoms with van der Waals surface area (Å²) in [5.41, 5.74) is -0.160. The maximum Gasteiger partial charge on any atom is 0.349 e. The van der Waals surface area contributed by atoms with Gasteiger partial charge in [-0.3, -0.25) is 19.0 Å². The fraction of sp³-hybridized carbons (Fsp3) is 0.375. The van der Waals surface area contributed by atoms with E-state index in [1.165, 1.54) is 34.8 Å². The van der Waals surface area contributed by atoms with Crippen molar-refractivity contribution in [2.24, 2.45) is 0 Å². The molecule has 12 nitrogen and oxygen atoms in total. The summed E-state index contributed by atoms with van der Waals surface area (Å²) in [4.78, 5) is 41.1. The van der Waals surface area contributed by atoms with Crippen LogP contribution in [0.2, 0.25) is 0 Å². The van der Waals surface area contributed by atoms with Gasteiger partial charge in [0.1, 0.15) is 17.6 Å². The van der Waals surface area contributed by atoms with Crippen LogP contribution in [0.4, 0.5) is 9.41 Å². The van der Waals surface area contributed by atoms with Crippen molar-refractivity contribution in [3.05, 3.63) is 115 Å². The molecule has 0 radical (unpaired) electrons. The van der Waals surface area contributed by atoms with Crippen molar-refractivity contribution < 1.29 is 43.8 Å². The molecule has 1 aliphatic rings. The number of nitrogens with one attached hydrogen (secondary N) is 4. The molecule has 1 aliphatic carbocycles. The Labute approximate surface area is 330 Å². The number of carbonyl (C=O) groups is 2. The van der Waals surface area contributed by atoms with Crippen molar-refractivity contribution in [3.63, 3.8) is 0 Å². The van der Waals surface area contributed by atoms with E-state index in [1.54, 1.807) is 24.3 Å². The van der Waals surface area contributed by atoms with Crippen molar-refractivity contribution >= 4 is 45.5 Å². The Morgan fingerprint density at radius 1 is 0.929 bits per heavy atom. The van der Waals surface area contributed by atoms with Gasteiger partial charge in [0, 0.05) is 43.2 Å². The van der Waals surface area contributed by atoms with Gasteiger partial charge in [-0.15, -0.1) is 22.7 Å². The summed E-state index contributed by atoms with van der Waals surface area (Å²) in [6.45, 7) is 3.25. The molecule has 0 bridgehead atoms. The first-order chi connectivity index (χ1) is 26.1. The van der Waals surface area contributed by atoms with Crippen LogP contribution >= 0.6 is 22.7 Å². The number of aromatic nitrogens is 1. The topological polar surface area (TPSA) is 182 Å². The Morgan fingerprint density at radius 2 is 1.61 bits per heavy atom. The molecular formula is C40H48F2N4O8S2. The lowest BCUT2D eigenvalue weighted by molar-refractivity contribution is -0.169. The number of hydrogen-bond donors (Lipinski definition) is 7. The number of phenols is 1. The van der Waals surface area contributed by atoms with Crippen LogP contribution in [0.1, 0.15) is 59.6 Å². The number of amides is 1. The summed E-state index contributed by atoms with van der Waals surface area (Å²) in [7, 11) is 0. The zero-order valence-electron chi connectivity index (χ0n) is 30.8. The second-order valence-corrected chi connectivity index (χ2v) is 15.5. The average Bonchev–Trinajstić information content (AvgIpc) is 3.93. The number of rotatable bonds is 17. The van der Waals surface area contributed by atoms with Gasteiger partial charge in [0.15, 0.2) is 6.61 Å². The largest absolute Gasteiger partial charge is 0.506 e. The standard InChI is InChI=1S/C40H46N4O8S2.2FH/c1-25(43-23-33(46)30-14-16-32(45)38-31(30)15-17-36(47)44-38)22-26-6-10-28(11-7-26)51-24-37(48)42-19-18-41-27-8-12-29(13-9-27)52-39(49)40(50,34-4-2-20-53-34)35-5-3-21-54-35;;/h2-7,10-11,14-17,20-21,25,27,29,33,41,43,45-46,50H,8-9,12-13,18-19,22-24H2,1H3,(H,42,48)(H,44,47);2*1H/t25?,27?,29?,33-;;/m1../s1. The second-order valence-electron chi connectivity index (χ2n) is 13.6. The lowest BCUT2D eigenvalue weighted by atomic mass is 9.92. The molecule has 0 spiro atoms. The number of carbonyl (C=O) groups excluding carboxylic acids is 2. The molecule has 302 valence electrons. The zero-order valence-corrected chi connectivity index (χ0v) is 32.4. The molecule has 6 rings (SSSR count). The number of aromatic hydroxyl groups is 1. The fourth-order valence-electron chi connectivity index (χ4n) is 6.71. The molecule has 7 N–H and O–H groups in total. The van der Waals surface area contributed by atoms with Gasteiger partial charge in [-0.2, -0.15) is 0 Å². The fourth-order valence-corrected chi connectivity index (χ4v) is 8.42. The number of aliphatic hydroxyl groups excluding tert-OH is 1. The molecule has 16 heteroatoms. The number of thiophene rings is 2. The number of H-pyrrole nitrogens is 1. The van der Waals surface area contributed by atoms with Gasteiger partial charge in [0.2, 0.25) is 11.2 Å². The number of fused-ring (bicyclic) bond motifs is 1. The van der Waals surface area contributed by atoms with Crippen molar-refractivity contribution in [3.8, 4) is 11.5 Å². The number of aliphatic hydroxyl groups is 2. The van der Waals surface area contributed by atoms with Crippen LogP contribution in [-0.2, 0) is 26.3 Å². The Bertz CT molecular complexity index is 2010. The van der Waals surface area contributed by atoms with Gasteiger partial charge in [-0.05, 0) is 97.3 Å². The van der Waals surface area contributed by atoms with E-state index in [2.05, 4.69) is 20.9 Å². The van der Waals surface area contributed by atoms with Crippen LogP contribution in [0.3, 0.4) is 0 Å². The molecule has 1 unspecified atom stereocenters. The Balaban J connectivity index is 0.00000348. The number of ether oxygens (including phenoxy) is 2. The minimum atomic E-state index is -1.80.